The van der Waals surface area contributed by atoms with Crippen LogP contribution < -0.4 is 9.47 Å². The number of ether oxygens (including phenoxy) is 2. The van der Waals surface area contributed by atoms with Gasteiger partial charge in [-0.3, -0.25) is 19.6 Å². The number of nitrogens with zero attached hydrogens (tertiary/aromatic N) is 2. The van der Waals surface area contributed by atoms with Gasteiger partial charge in [0.05, 0.1) is 13.1 Å². The Morgan fingerprint density at radius 1 is 0.769 bits per heavy atom. The van der Waals surface area contributed by atoms with Gasteiger partial charge >= 0.3 is 11.9 Å². The highest BCUT2D eigenvalue weighted by Gasteiger charge is 2.03. The van der Waals surface area contributed by atoms with Crippen LogP contribution in [0.3, 0.4) is 0 Å². The van der Waals surface area contributed by atoms with Crippen molar-refractivity contribution in [3.05, 3.63) is 59.7 Å². The molecule has 0 radical (unpaired) electrons. The molecule has 2 aromatic carbocycles. The summed E-state index contributed by atoms with van der Waals surface area (Å²) in [5.41, 5.74) is 1.46. The number of hydrogen-bond donors (Lipinski definition) is 0. The fourth-order valence-corrected chi connectivity index (χ4v) is 2.11. The normalized spacial score (nSPS) is 11.0. The Kier molecular flexibility index (Phi) is 7.24. The van der Waals surface area contributed by atoms with Crippen LogP contribution in [0.1, 0.15) is 25.0 Å². The first kappa shape index (κ1) is 19.1. The number of aliphatic imine (C=N–C) groups is 2. The van der Waals surface area contributed by atoms with Gasteiger partial charge in [-0.15, -0.1) is 0 Å². The van der Waals surface area contributed by atoms with Crippen LogP contribution in [0.15, 0.2) is 58.5 Å². The molecule has 0 aromatic heterocycles. The maximum absolute atomic E-state index is 11.1. The molecule has 2 rings (SSSR count). The third-order valence-corrected chi connectivity index (χ3v) is 3.16. The fourth-order valence-electron chi connectivity index (χ4n) is 2.11. The van der Waals surface area contributed by atoms with Crippen molar-refractivity contribution in [3.8, 4) is 11.5 Å². The lowest BCUT2D eigenvalue weighted by atomic mass is 10.2. The SMILES string of the molecule is CC(=O)Oc1ccccc1/C=N/CC/N=C/c1ccccc1OC(C)=O. The average Bonchev–Trinajstić information content (AvgIpc) is 2.59. The summed E-state index contributed by atoms with van der Waals surface area (Å²) in [6.07, 6.45) is 3.31. The second-order valence-corrected chi connectivity index (χ2v) is 5.33. The average molecular weight is 352 g/mol. The smallest absolute Gasteiger partial charge is 0.308 e. The van der Waals surface area contributed by atoms with Gasteiger partial charge in [0.25, 0.3) is 0 Å². The van der Waals surface area contributed by atoms with Crippen LogP contribution in [-0.2, 0) is 9.59 Å². The van der Waals surface area contributed by atoms with E-state index in [1.54, 1.807) is 36.7 Å². The van der Waals surface area contributed by atoms with Crippen LogP contribution in [0.5, 0.6) is 11.5 Å². The first-order valence-electron chi connectivity index (χ1n) is 8.11. The van der Waals surface area contributed by atoms with Crippen molar-refractivity contribution in [1.29, 1.82) is 0 Å². The molecule has 0 aliphatic carbocycles. The van der Waals surface area contributed by atoms with Gasteiger partial charge in [0.15, 0.2) is 0 Å². The second-order valence-electron chi connectivity index (χ2n) is 5.33. The van der Waals surface area contributed by atoms with E-state index in [0.717, 1.165) is 11.1 Å². The molecular formula is C20H20N2O4. The van der Waals surface area contributed by atoms with E-state index in [2.05, 4.69) is 9.98 Å². The molecule has 0 unspecified atom stereocenters. The van der Waals surface area contributed by atoms with Crippen LogP contribution in [0.4, 0.5) is 0 Å². The molecule has 0 heterocycles. The van der Waals surface area contributed by atoms with Crippen molar-refractivity contribution in [2.75, 3.05) is 13.1 Å². The van der Waals surface area contributed by atoms with Gasteiger partial charge in [0.1, 0.15) is 11.5 Å². The fraction of sp³-hybridized carbons (Fsp3) is 0.200. The van der Waals surface area contributed by atoms with Crippen molar-refractivity contribution >= 4 is 24.4 Å². The predicted octanol–water partition coefficient (Wildman–Crippen LogP) is 3.08. The molecule has 0 saturated carbocycles. The van der Waals surface area contributed by atoms with Crippen LogP contribution in [0, 0.1) is 0 Å². The Bertz CT molecular complexity index is 759. The molecule has 0 bridgehead atoms. The van der Waals surface area contributed by atoms with Gasteiger partial charge in [0.2, 0.25) is 0 Å². The van der Waals surface area contributed by atoms with Gasteiger partial charge in [-0.2, -0.15) is 0 Å². The third-order valence-electron chi connectivity index (χ3n) is 3.16. The minimum Gasteiger partial charge on any atom is -0.426 e. The predicted molar refractivity (Wildman–Crippen MR) is 100 cm³/mol. The summed E-state index contributed by atoms with van der Waals surface area (Å²) in [5, 5.41) is 0. The minimum absolute atomic E-state index is 0.373. The lowest BCUT2D eigenvalue weighted by Crippen LogP contribution is -2.04. The van der Waals surface area contributed by atoms with Gasteiger partial charge in [-0.1, -0.05) is 24.3 Å². The Hall–Kier alpha value is -3.28. The van der Waals surface area contributed by atoms with E-state index >= 15 is 0 Å². The lowest BCUT2D eigenvalue weighted by Gasteiger charge is -2.04. The van der Waals surface area contributed by atoms with Crippen LogP contribution in [-0.4, -0.2) is 37.5 Å². The van der Waals surface area contributed by atoms with Gasteiger partial charge in [0, 0.05) is 37.4 Å². The quantitative estimate of drug-likeness (QED) is 0.332. The largest absolute Gasteiger partial charge is 0.426 e. The first-order chi connectivity index (χ1) is 12.6. The molecule has 0 amide bonds. The van der Waals surface area contributed by atoms with Crippen molar-refractivity contribution in [2.24, 2.45) is 9.98 Å². The maximum Gasteiger partial charge on any atom is 0.308 e. The van der Waals surface area contributed by atoms with E-state index in [4.69, 9.17) is 9.47 Å². The lowest BCUT2D eigenvalue weighted by molar-refractivity contribution is -0.132. The molecule has 0 aliphatic heterocycles. The Balaban J connectivity index is 1.91. The summed E-state index contributed by atoms with van der Waals surface area (Å²) in [7, 11) is 0. The number of esters is 2. The van der Waals surface area contributed by atoms with Crippen LogP contribution >= 0.6 is 0 Å². The summed E-state index contributed by atoms with van der Waals surface area (Å²) in [4.78, 5) is 30.8. The standard InChI is InChI=1S/C20H20N2O4/c1-15(23)25-19-9-5-3-7-17(19)13-21-11-12-22-14-18-8-4-6-10-20(18)26-16(2)24/h3-10,13-14H,11-12H2,1-2H3/b21-13+,22-14+. The maximum atomic E-state index is 11.1. The Morgan fingerprint density at radius 2 is 1.15 bits per heavy atom. The highest BCUT2D eigenvalue weighted by molar-refractivity contribution is 5.86. The van der Waals surface area contributed by atoms with E-state index in [-0.39, 0.29) is 11.9 Å². The van der Waals surface area contributed by atoms with E-state index in [1.807, 2.05) is 24.3 Å². The minimum atomic E-state index is -0.373. The summed E-state index contributed by atoms with van der Waals surface area (Å²) in [6.45, 7) is 3.66. The zero-order valence-electron chi connectivity index (χ0n) is 14.7. The molecule has 6 heteroatoms. The summed E-state index contributed by atoms with van der Waals surface area (Å²) >= 11 is 0. The van der Waals surface area contributed by atoms with E-state index in [0.29, 0.717) is 24.6 Å². The number of benzene rings is 2. The van der Waals surface area contributed by atoms with Crippen molar-refractivity contribution in [1.82, 2.24) is 0 Å². The molecule has 134 valence electrons. The first-order valence-corrected chi connectivity index (χ1v) is 8.11. The molecular weight excluding hydrogens is 332 g/mol. The van der Waals surface area contributed by atoms with Gasteiger partial charge in [-0.25, -0.2) is 0 Å². The summed E-state index contributed by atoms with van der Waals surface area (Å²) in [5.74, 6) is 0.203. The van der Waals surface area contributed by atoms with Gasteiger partial charge in [-0.05, 0) is 24.3 Å². The zero-order chi connectivity index (χ0) is 18.8. The molecule has 0 N–H and O–H groups in total. The van der Waals surface area contributed by atoms with Crippen LogP contribution in [0.25, 0.3) is 0 Å². The third kappa shape index (κ3) is 6.32. The van der Waals surface area contributed by atoms with Gasteiger partial charge < -0.3 is 9.47 Å². The highest BCUT2D eigenvalue weighted by atomic mass is 16.5. The molecule has 26 heavy (non-hydrogen) atoms. The second kappa shape index (κ2) is 9.88. The highest BCUT2D eigenvalue weighted by Crippen LogP contribution is 2.16. The van der Waals surface area contributed by atoms with E-state index < -0.39 is 0 Å². The molecule has 0 spiro atoms. The molecule has 0 aliphatic rings. The number of carbonyl (C=O) groups excluding carboxylic acids is 2. The van der Waals surface area contributed by atoms with E-state index in [9.17, 15) is 9.59 Å². The summed E-state index contributed by atoms with van der Waals surface area (Å²) < 4.78 is 10.3. The number of para-hydroxylation sites is 2. The summed E-state index contributed by atoms with van der Waals surface area (Å²) in [6, 6.07) is 14.3. The van der Waals surface area contributed by atoms with Crippen LogP contribution in [0.2, 0.25) is 0 Å². The molecule has 6 nitrogen and oxygen atoms in total. The van der Waals surface area contributed by atoms with E-state index in [1.165, 1.54) is 13.8 Å². The number of rotatable bonds is 7. The monoisotopic (exact) mass is 352 g/mol. The van der Waals surface area contributed by atoms with Crippen molar-refractivity contribution in [2.45, 2.75) is 13.8 Å². The van der Waals surface area contributed by atoms with Crippen molar-refractivity contribution in [3.63, 3.8) is 0 Å². The Morgan fingerprint density at radius 3 is 1.54 bits per heavy atom. The molecule has 0 atom stereocenters. The number of carbonyl (C=O) groups is 2. The Labute approximate surface area is 152 Å². The molecule has 2 aromatic rings. The zero-order valence-corrected chi connectivity index (χ0v) is 14.7. The molecule has 0 fully saturated rings. The molecule has 0 saturated heterocycles. The number of hydrogen-bond acceptors (Lipinski definition) is 6. The van der Waals surface area contributed by atoms with Crippen molar-refractivity contribution < 1.29 is 19.1 Å². The topological polar surface area (TPSA) is 77.3 Å².